The first kappa shape index (κ1) is 16.2. The first-order valence-corrected chi connectivity index (χ1v) is 6.90. The number of likely N-dealkylation sites (N-methyl/N-ethyl adjacent to an activating group) is 1. The molecule has 0 heterocycles. The predicted octanol–water partition coefficient (Wildman–Crippen LogP) is 3.75. The SMILES string of the molecule is CN(C)C1(C(O)c2ccc(C(F)(F)F)c(F)c2)CCCC1. The van der Waals surface area contributed by atoms with E-state index in [4.69, 9.17) is 0 Å². The smallest absolute Gasteiger partial charge is 0.386 e. The van der Waals surface area contributed by atoms with Crippen LogP contribution in [0.15, 0.2) is 18.2 Å². The summed E-state index contributed by atoms with van der Waals surface area (Å²) in [5.41, 5.74) is -1.65. The molecule has 0 radical (unpaired) electrons. The molecule has 1 aliphatic carbocycles. The van der Waals surface area contributed by atoms with Crippen molar-refractivity contribution < 1.29 is 22.7 Å². The number of hydrogen-bond donors (Lipinski definition) is 1. The number of alkyl halides is 3. The summed E-state index contributed by atoms with van der Waals surface area (Å²) in [6.45, 7) is 0. The van der Waals surface area contributed by atoms with Crippen LogP contribution in [0.4, 0.5) is 17.6 Å². The molecular weight excluding hydrogens is 286 g/mol. The van der Waals surface area contributed by atoms with E-state index in [0.717, 1.165) is 31.7 Å². The molecule has 0 aromatic heterocycles. The number of aliphatic hydroxyl groups is 1. The molecule has 1 fully saturated rings. The van der Waals surface area contributed by atoms with Crippen LogP contribution >= 0.6 is 0 Å². The molecule has 1 aliphatic rings. The van der Waals surface area contributed by atoms with Crippen molar-refractivity contribution >= 4 is 0 Å². The topological polar surface area (TPSA) is 23.5 Å². The van der Waals surface area contributed by atoms with Gasteiger partial charge in [0.1, 0.15) is 5.82 Å². The van der Waals surface area contributed by atoms with E-state index in [1.807, 2.05) is 19.0 Å². The summed E-state index contributed by atoms with van der Waals surface area (Å²) in [7, 11) is 3.66. The summed E-state index contributed by atoms with van der Waals surface area (Å²) in [5.74, 6) is -1.34. The van der Waals surface area contributed by atoms with Gasteiger partial charge < -0.3 is 10.0 Å². The highest BCUT2D eigenvalue weighted by atomic mass is 19.4. The molecule has 0 spiro atoms. The van der Waals surface area contributed by atoms with Crippen LogP contribution in [0.25, 0.3) is 0 Å². The van der Waals surface area contributed by atoms with E-state index in [9.17, 15) is 22.7 Å². The average molecular weight is 305 g/mol. The summed E-state index contributed by atoms with van der Waals surface area (Å²) in [4.78, 5) is 1.89. The first-order valence-electron chi connectivity index (χ1n) is 6.90. The molecular formula is C15H19F4NO. The quantitative estimate of drug-likeness (QED) is 0.860. The Kier molecular flexibility index (Phi) is 4.31. The summed E-state index contributed by atoms with van der Waals surface area (Å²) < 4.78 is 51.4. The summed E-state index contributed by atoms with van der Waals surface area (Å²) in [5, 5.41) is 10.6. The molecule has 1 N–H and O–H groups in total. The minimum absolute atomic E-state index is 0.191. The number of hydrogen-bond acceptors (Lipinski definition) is 2. The lowest BCUT2D eigenvalue weighted by atomic mass is 9.84. The van der Waals surface area contributed by atoms with E-state index >= 15 is 0 Å². The van der Waals surface area contributed by atoms with Gasteiger partial charge in [0.05, 0.1) is 17.2 Å². The third kappa shape index (κ3) is 2.92. The van der Waals surface area contributed by atoms with Gasteiger partial charge in [0.25, 0.3) is 0 Å². The molecule has 2 rings (SSSR count). The first-order chi connectivity index (χ1) is 9.68. The van der Waals surface area contributed by atoms with Crippen molar-refractivity contribution in [2.24, 2.45) is 0 Å². The molecule has 0 aliphatic heterocycles. The van der Waals surface area contributed by atoms with Gasteiger partial charge in [-0.15, -0.1) is 0 Å². The Bertz CT molecular complexity index is 507. The second kappa shape index (κ2) is 5.57. The number of benzene rings is 1. The van der Waals surface area contributed by atoms with Gasteiger partial charge in [-0.05, 0) is 44.6 Å². The van der Waals surface area contributed by atoms with Crippen LogP contribution in [0, 0.1) is 5.82 Å². The highest BCUT2D eigenvalue weighted by molar-refractivity contribution is 5.30. The van der Waals surface area contributed by atoms with Gasteiger partial charge in [0.15, 0.2) is 0 Å². The minimum atomic E-state index is -4.72. The number of aliphatic hydroxyl groups excluding tert-OH is 1. The molecule has 21 heavy (non-hydrogen) atoms. The lowest BCUT2D eigenvalue weighted by molar-refractivity contribution is -0.140. The zero-order valence-electron chi connectivity index (χ0n) is 12.0. The Hall–Kier alpha value is -1.14. The van der Waals surface area contributed by atoms with Gasteiger partial charge >= 0.3 is 6.18 Å². The second-order valence-corrected chi connectivity index (χ2v) is 5.84. The fraction of sp³-hybridized carbons (Fsp3) is 0.600. The average Bonchev–Trinajstić information content (AvgIpc) is 2.86. The van der Waals surface area contributed by atoms with Crippen molar-refractivity contribution in [3.63, 3.8) is 0 Å². The van der Waals surface area contributed by atoms with Gasteiger partial charge in [-0.2, -0.15) is 13.2 Å². The zero-order chi connectivity index (χ0) is 15.8. The van der Waals surface area contributed by atoms with Gasteiger partial charge in [-0.1, -0.05) is 18.9 Å². The van der Waals surface area contributed by atoms with Crippen LogP contribution in [0.1, 0.15) is 42.9 Å². The van der Waals surface area contributed by atoms with Crippen molar-refractivity contribution in [3.8, 4) is 0 Å². The fourth-order valence-corrected chi connectivity index (χ4v) is 3.19. The standard InChI is InChI=1S/C15H19F4NO/c1-20(2)14(7-3-4-8-14)13(21)10-5-6-11(12(16)9-10)15(17,18)19/h5-6,9,13,21H,3-4,7-8H2,1-2H3. The van der Waals surface area contributed by atoms with Crippen molar-refractivity contribution in [3.05, 3.63) is 35.1 Å². The molecule has 6 heteroatoms. The zero-order valence-corrected chi connectivity index (χ0v) is 12.0. The molecule has 118 valence electrons. The van der Waals surface area contributed by atoms with Gasteiger partial charge in [-0.3, -0.25) is 0 Å². The third-order valence-electron chi connectivity index (χ3n) is 4.48. The molecule has 1 saturated carbocycles. The lowest BCUT2D eigenvalue weighted by Gasteiger charge is -2.40. The maximum atomic E-state index is 13.7. The Balaban J connectivity index is 2.36. The summed E-state index contributed by atoms with van der Waals surface area (Å²) in [6.07, 6.45) is -2.36. The van der Waals surface area contributed by atoms with E-state index in [1.54, 1.807) is 0 Å². The van der Waals surface area contributed by atoms with Crippen LogP contribution in [-0.4, -0.2) is 29.6 Å². The minimum Gasteiger partial charge on any atom is -0.386 e. The van der Waals surface area contributed by atoms with E-state index in [-0.39, 0.29) is 5.56 Å². The van der Waals surface area contributed by atoms with Crippen LogP contribution in [-0.2, 0) is 6.18 Å². The Morgan fingerprint density at radius 2 is 1.76 bits per heavy atom. The van der Waals surface area contributed by atoms with Crippen LogP contribution < -0.4 is 0 Å². The highest BCUT2D eigenvalue weighted by Crippen LogP contribution is 2.44. The summed E-state index contributed by atoms with van der Waals surface area (Å²) >= 11 is 0. The number of rotatable bonds is 3. The van der Waals surface area contributed by atoms with Crippen molar-refractivity contribution in [1.29, 1.82) is 0 Å². The molecule has 1 atom stereocenters. The molecule has 0 saturated heterocycles. The van der Waals surface area contributed by atoms with E-state index in [0.29, 0.717) is 6.07 Å². The van der Waals surface area contributed by atoms with Gasteiger partial charge in [0.2, 0.25) is 0 Å². The van der Waals surface area contributed by atoms with Crippen molar-refractivity contribution in [2.75, 3.05) is 14.1 Å². The van der Waals surface area contributed by atoms with Crippen LogP contribution in [0.5, 0.6) is 0 Å². The van der Waals surface area contributed by atoms with E-state index < -0.39 is 29.2 Å². The maximum Gasteiger partial charge on any atom is 0.419 e. The number of halogens is 4. The monoisotopic (exact) mass is 305 g/mol. The van der Waals surface area contributed by atoms with Gasteiger partial charge in [0, 0.05) is 0 Å². The van der Waals surface area contributed by atoms with E-state index in [1.165, 1.54) is 6.07 Å². The van der Waals surface area contributed by atoms with Gasteiger partial charge in [-0.25, -0.2) is 4.39 Å². The molecule has 1 aromatic carbocycles. The van der Waals surface area contributed by atoms with E-state index in [2.05, 4.69) is 0 Å². The Morgan fingerprint density at radius 3 is 2.19 bits per heavy atom. The largest absolute Gasteiger partial charge is 0.419 e. The maximum absolute atomic E-state index is 13.7. The molecule has 1 unspecified atom stereocenters. The van der Waals surface area contributed by atoms with Crippen LogP contribution in [0.3, 0.4) is 0 Å². The molecule has 2 nitrogen and oxygen atoms in total. The predicted molar refractivity (Wildman–Crippen MR) is 71.2 cm³/mol. The van der Waals surface area contributed by atoms with Crippen LogP contribution in [0.2, 0.25) is 0 Å². The summed E-state index contributed by atoms with van der Waals surface area (Å²) in [6, 6.07) is 2.67. The Labute approximate surface area is 121 Å². The fourth-order valence-electron chi connectivity index (χ4n) is 3.19. The lowest BCUT2D eigenvalue weighted by Crippen LogP contribution is -2.47. The molecule has 1 aromatic rings. The highest BCUT2D eigenvalue weighted by Gasteiger charge is 2.44. The molecule has 0 amide bonds. The third-order valence-corrected chi connectivity index (χ3v) is 4.48. The normalized spacial score (nSPS) is 20.0. The van der Waals surface area contributed by atoms with Crippen molar-refractivity contribution in [1.82, 2.24) is 4.90 Å². The Morgan fingerprint density at radius 1 is 1.19 bits per heavy atom. The number of nitrogens with zero attached hydrogens (tertiary/aromatic N) is 1. The second-order valence-electron chi connectivity index (χ2n) is 5.84. The van der Waals surface area contributed by atoms with Crippen molar-refractivity contribution in [2.45, 2.75) is 43.5 Å². The molecule has 0 bridgehead atoms.